The molecule has 0 aliphatic carbocycles. The maximum atomic E-state index is 4.90. The van der Waals surface area contributed by atoms with Crippen LogP contribution >= 0.6 is 19.3 Å². The molecule has 0 radical (unpaired) electrons. The zero-order chi connectivity index (χ0) is 19.5. The van der Waals surface area contributed by atoms with Crippen LogP contribution in [0, 0.1) is 13.8 Å². The van der Waals surface area contributed by atoms with E-state index in [9.17, 15) is 0 Å². The first kappa shape index (κ1) is 21.2. The molecule has 4 aromatic heterocycles. The van der Waals surface area contributed by atoms with Crippen molar-refractivity contribution in [2.75, 3.05) is 0 Å². The number of hydrogen-bond acceptors (Lipinski definition) is 4. The molecule has 0 N–H and O–H groups in total. The first-order valence-corrected chi connectivity index (χ1v) is 14.1. The van der Waals surface area contributed by atoms with E-state index >= 15 is 0 Å². The van der Waals surface area contributed by atoms with E-state index in [-0.39, 0.29) is 0 Å². The molecule has 0 atom stereocenters. The van der Waals surface area contributed by atoms with Gasteiger partial charge in [-0.25, -0.2) is 19.3 Å². The van der Waals surface area contributed by atoms with E-state index in [1.165, 1.54) is 11.1 Å². The van der Waals surface area contributed by atoms with Crippen molar-refractivity contribution in [1.82, 2.24) is 29.5 Å². The molecule has 0 spiro atoms. The fraction of sp³-hybridized carbons (Fsp3) is 0.111. The summed E-state index contributed by atoms with van der Waals surface area (Å²) in [6, 6.07) is 11.7. The number of aromatic nitrogens is 6. The van der Waals surface area contributed by atoms with E-state index in [2.05, 4.69) is 20.2 Å². The van der Waals surface area contributed by atoms with Gasteiger partial charge < -0.3 is 0 Å². The van der Waals surface area contributed by atoms with Crippen LogP contribution in [0.2, 0.25) is 0 Å². The van der Waals surface area contributed by atoms with Crippen LogP contribution in [-0.2, 0) is 15.4 Å². The van der Waals surface area contributed by atoms with Crippen LogP contribution in [0.15, 0.2) is 73.6 Å². The Balaban J connectivity index is 0.000000170. The minimum absolute atomic E-state index is 0.639. The second kappa shape index (κ2) is 11.6. The summed E-state index contributed by atoms with van der Waals surface area (Å²) < 4.78 is 3.49. The van der Waals surface area contributed by atoms with Gasteiger partial charge in [0.1, 0.15) is 0 Å². The molecule has 0 amide bonds. The summed E-state index contributed by atoms with van der Waals surface area (Å²) in [6.07, 6.45) is 10.8. The molecule has 0 unspecified atom stereocenters. The van der Waals surface area contributed by atoms with Gasteiger partial charge in [0.25, 0.3) is 0 Å². The van der Waals surface area contributed by atoms with Crippen molar-refractivity contribution < 1.29 is 15.4 Å². The number of pyridine rings is 2. The van der Waals surface area contributed by atoms with E-state index in [1.807, 2.05) is 62.6 Å². The quantitative estimate of drug-likeness (QED) is 0.350. The minimum atomic E-state index is -0.639. The molecule has 4 heterocycles. The monoisotopic (exact) mass is 580 g/mol. The van der Waals surface area contributed by atoms with Gasteiger partial charge in [0.15, 0.2) is 11.6 Å². The molecule has 0 bridgehead atoms. The summed E-state index contributed by atoms with van der Waals surface area (Å²) >= 11 is -0.639. The Morgan fingerprint density at radius 2 is 1.15 bits per heavy atom. The summed E-state index contributed by atoms with van der Waals surface area (Å²) in [5, 5.41) is 8.16. The van der Waals surface area contributed by atoms with Crippen molar-refractivity contribution in [1.29, 1.82) is 0 Å². The molecule has 0 aliphatic rings. The fourth-order valence-electron chi connectivity index (χ4n) is 2.10. The van der Waals surface area contributed by atoms with Gasteiger partial charge in [0.05, 0.1) is 0 Å². The fourth-order valence-corrected chi connectivity index (χ4v) is 2.10. The third-order valence-corrected chi connectivity index (χ3v) is 3.28. The van der Waals surface area contributed by atoms with Crippen molar-refractivity contribution in [3.8, 4) is 11.6 Å². The third-order valence-electron chi connectivity index (χ3n) is 3.28. The number of rotatable bonds is 2. The number of nitrogens with zero attached hydrogens (tertiary/aromatic N) is 6. The summed E-state index contributed by atoms with van der Waals surface area (Å²) in [6.45, 7) is 4.07. The van der Waals surface area contributed by atoms with Gasteiger partial charge in [0.2, 0.25) is 0 Å². The first-order valence-electron chi connectivity index (χ1n) is 7.84. The van der Waals surface area contributed by atoms with Crippen molar-refractivity contribution >= 4 is 19.3 Å². The molecule has 4 aromatic rings. The molecule has 9 heteroatoms. The summed E-state index contributed by atoms with van der Waals surface area (Å²) in [5.41, 5.74) is 2.38. The standard InChI is InChI=1S/2C9H9N3.2ClH.Os/c2*1-8-3-5-10-9(7-8)12-6-2-4-11-12;;;/h2*2-7H,1H3;2*1H;/q;;;;+2/p-2. The molecule has 6 nitrogen and oxygen atoms in total. The predicted molar refractivity (Wildman–Crippen MR) is 104 cm³/mol. The van der Waals surface area contributed by atoms with Crippen molar-refractivity contribution in [3.63, 3.8) is 0 Å². The Morgan fingerprint density at radius 1 is 0.741 bits per heavy atom. The molecule has 0 saturated carbocycles. The zero-order valence-electron chi connectivity index (χ0n) is 14.7. The van der Waals surface area contributed by atoms with Gasteiger partial charge >= 0.3 is 34.7 Å². The van der Waals surface area contributed by atoms with Crippen LogP contribution in [0.1, 0.15) is 11.1 Å². The molecule has 0 aromatic carbocycles. The van der Waals surface area contributed by atoms with E-state index < -0.39 is 15.4 Å². The average Bonchev–Trinajstić information content (AvgIpc) is 3.37. The number of hydrogen-bond donors (Lipinski definition) is 0. The first-order chi connectivity index (χ1) is 13.1. The van der Waals surface area contributed by atoms with E-state index in [1.54, 1.807) is 34.2 Å². The molecular weight excluding hydrogens is 561 g/mol. The van der Waals surface area contributed by atoms with Gasteiger partial charge in [0, 0.05) is 37.2 Å². The predicted octanol–water partition coefficient (Wildman–Crippen LogP) is 4.53. The molecule has 142 valence electrons. The maximum absolute atomic E-state index is 4.90. The second-order valence-corrected chi connectivity index (χ2v) is 9.00. The van der Waals surface area contributed by atoms with Crippen LogP contribution in [0.5, 0.6) is 0 Å². The Labute approximate surface area is 174 Å². The molecule has 0 saturated heterocycles. The van der Waals surface area contributed by atoms with Gasteiger partial charge in [-0.15, -0.1) is 0 Å². The van der Waals surface area contributed by atoms with Gasteiger partial charge in [-0.05, 0) is 61.4 Å². The summed E-state index contributed by atoms with van der Waals surface area (Å²) in [5.74, 6) is 1.72. The van der Waals surface area contributed by atoms with Crippen LogP contribution in [-0.4, -0.2) is 29.5 Å². The molecule has 27 heavy (non-hydrogen) atoms. The Kier molecular flexibility index (Phi) is 9.13. The molecule has 0 fully saturated rings. The van der Waals surface area contributed by atoms with Crippen LogP contribution in [0.3, 0.4) is 0 Å². The Bertz CT molecular complexity index is 838. The molecule has 4 rings (SSSR count). The topological polar surface area (TPSA) is 61.4 Å². The van der Waals surface area contributed by atoms with Crippen molar-refractivity contribution in [2.24, 2.45) is 0 Å². The number of halogens is 2. The van der Waals surface area contributed by atoms with Gasteiger partial charge in [-0.3, -0.25) is 0 Å². The Morgan fingerprint density at radius 3 is 1.44 bits per heavy atom. The SMILES string of the molecule is Cc1ccnc(-n2cccn2)c1.Cc1ccnc(-n2cccn2)c1.[Cl][Os][Cl]. The van der Waals surface area contributed by atoms with Gasteiger partial charge in [-0.2, -0.15) is 10.2 Å². The molecular formula is C18H18Cl2N6Os. The van der Waals surface area contributed by atoms with Crippen LogP contribution in [0.4, 0.5) is 0 Å². The normalized spacial score (nSPS) is 9.78. The van der Waals surface area contributed by atoms with Crippen LogP contribution < -0.4 is 0 Å². The second-order valence-electron chi connectivity index (χ2n) is 5.33. The molecule has 0 aliphatic heterocycles. The van der Waals surface area contributed by atoms with Gasteiger partial charge in [-0.1, -0.05) is 0 Å². The van der Waals surface area contributed by atoms with E-state index in [4.69, 9.17) is 19.3 Å². The summed E-state index contributed by atoms with van der Waals surface area (Å²) in [4.78, 5) is 8.36. The van der Waals surface area contributed by atoms with E-state index in [0.717, 1.165) is 11.6 Å². The summed E-state index contributed by atoms with van der Waals surface area (Å²) in [7, 11) is 9.81. The average molecular weight is 580 g/mol. The Hall–Kier alpha value is -2.06. The van der Waals surface area contributed by atoms with Crippen molar-refractivity contribution in [2.45, 2.75) is 13.8 Å². The van der Waals surface area contributed by atoms with Crippen molar-refractivity contribution in [3.05, 3.63) is 84.7 Å². The third kappa shape index (κ3) is 7.22. The van der Waals surface area contributed by atoms with Crippen LogP contribution in [0.25, 0.3) is 11.6 Å². The zero-order valence-corrected chi connectivity index (χ0v) is 18.8. The van der Waals surface area contributed by atoms with E-state index in [0.29, 0.717) is 0 Å². The number of aryl methyl sites for hydroxylation is 2.